The average Bonchev–Trinajstić information content (AvgIpc) is 2.50. The molecule has 1 heterocycles. The zero-order valence-corrected chi connectivity index (χ0v) is 7.94. The number of methoxy groups -OCH3 is 1. The first-order chi connectivity index (χ1) is 6.15. The number of urea groups is 1. The van der Waals surface area contributed by atoms with Gasteiger partial charge in [-0.15, -0.1) is 11.8 Å². The molecule has 6 heteroatoms. The Labute approximate surface area is 79.7 Å². The van der Waals surface area contributed by atoms with Crippen molar-refractivity contribution in [2.75, 3.05) is 12.9 Å². The Bertz CT molecular complexity index is 275. The first-order valence-corrected chi connectivity index (χ1v) is 4.64. The zero-order chi connectivity index (χ0) is 9.84. The number of thioether (sulfide) groups is 1. The molecule has 0 aromatic carbocycles. The maximum absolute atomic E-state index is 11.1. The third kappa shape index (κ3) is 2.38. The summed E-state index contributed by atoms with van der Waals surface area (Å²) in [6, 6.07) is -0.654. The van der Waals surface area contributed by atoms with E-state index in [2.05, 4.69) is 10.1 Å². The number of nitrogens with one attached hydrogen (secondary N) is 1. The molecule has 0 atom stereocenters. The quantitative estimate of drug-likeness (QED) is 0.626. The largest absolute Gasteiger partial charge is 0.465 e. The molecule has 0 spiro atoms. The molecule has 13 heavy (non-hydrogen) atoms. The van der Waals surface area contributed by atoms with Gasteiger partial charge in [-0.05, 0) is 6.42 Å². The Balaban J connectivity index is 2.76. The van der Waals surface area contributed by atoms with E-state index in [4.69, 9.17) is 5.73 Å². The first kappa shape index (κ1) is 9.91. The maximum atomic E-state index is 11.1. The topological polar surface area (TPSA) is 81.4 Å². The number of hydrogen-bond donors (Lipinski definition) is 2. The number of hydrogen-bond acceptors (Lipinski definition) is 4. The van der Waals surface area contributed by atoms with Gasteiger partial charge in [0.2, 0.25) is 0 Å². The van der Waals surface area contributed by atoms with Gasteiger partial charge in [0.15, 0.2) is 0 Å². The van der Waals surface area contributed by atoms with Crippen LogP contribution in [0.15, 0.2) is 10.6 Å². The highest BCUT2D eigenvalue weighted by atomic mass is 32.2. The van der Waals surface area contributed by atoms with Crippen LogP contribution in [0.4, 0.5) is 4.79 Å². The maximum Gasteiger partial charge on any atom is 0.346 e. The summed E-state index contributed by atoms with van der Waals surface area (Å²) >= 11 is 1.36. The standard InChI is InChI=1S/C7H10N2O3S/c1-12-6(10)5-4(2-3-13-5)9-7(8)11/h2-3H2,1H3,(H3,8,9,11). The molecule has 1 aliphatic heterocycles. The highest BCUT2D eigenvalue weighted by molar-refractivity contribution is 8.04. The lowest BCUT2D eigenvalue weighted by Crippen LogP contribution is -2.29. The number of carbonyl (C=O) groups excluding carboxylic acids is 2. The average molecular weight is 202 g/mol. The van der Waals surface area contributed by atoms with Gasteiger partial charge in [-0.3, -0.25) is 0 Å². The summed E-state index contributed by atoms with van der Waals surface area (Å²) < 4.78 is 4.54. The Morgan fingerprint density at radius 3 is 2.85 bits per heavy atom. The third-order valence-corrected chi connectivity index (χ3v) is 2.63. The van der Waals surface area contributed by atoms with E-state index in [0.29, 0.717) is 17.0 Å². The van der Waals surface area contributed by atoms with Gasteiger partial charge in [0.25, 0.3) is 0 Å². The molecule has 1 rings (SSSR count). The summed E-state index contributed by atoms with van der Waals surface area (Å²) in [7, 11) is 1.30. The zero-order valence-electron chi connectivity index (χ0n) is 7.12. The van der Waals surface area contributed by atoms with E-state index >= 15 is 0 Å². The number of carbonyl (C=O) groups is 2. The molecular weight excluding hydrogens is 192 g/mol. The molecule has 1 aliphatic rings. The minimum Gasteiger partial charge on any atom is -0.465 e. The first-order valence-electron chi connectivity index (χ1n) is 3.66. The van der Waals surface area contributed by atoms with E-state index in [9.17, 15) is 9.59 Å². The van der Waals surface area contributed by atoms with Crippen LogP contribution in [0, 0.1) is 0 Å². The van der Waals surface area contributed by atoms with Crippen molar-refractivity contribution >= 4 is 23.8 Å². The van der Waals surface area contributed by atoms with Crippen molar-refractivity contribution in [1.82, 2.24) is 5.32 Å². The lowest BCUT2D eigenvalue weighted by atomic mass is 10.3. The molecule has 0 bridgehead atoms. The molecule has 0 aromatic rings. The van der Waals surface area contributed by atoms with Gasteiger partial charge in [-0.2, -0.15) is 0 Å². The summed E-state index contributed by atoms with van der Waals surface area (Å²) in [4.78, 5) is 22.1. The van der Waals surface area contributed by atoms with Crippen molar-refractivity contribution in [2.24, 2.45) is 5.73 Å². The van der Waals surface area contributed by atoms with Crippen molar-refractivity contribution in [2.45, 2.75) is 6.42 Å². The van der Waals surface area contributed by atoms with Crippen LogP contribution in [0.5, 0.6) is 0 Å². The van der Waals surface area contributed by atoms with Crippen LogP contribution in [-0.4, -0.2) is 24.9 Å². The van der Waals surface area contributed by atoms with Gasteiger partial charge in [0.05, 0.1) is 7.11 Å². The number of primary amides is 1. The SMILES string of the molecule is COC(=O)C1=C(NC(N)=O)CCS1. The summed E-state index contributed by atoms with van der Waals surface area (Å²) in [5.74, 6) is 0.339. The molecule has 0 unspecified atom stereocenters. The summed E-state index contributed by atoms with van der Waals surface area (Å²) in [6.45, 7) is 0. The Morgan fingerprint density at radius 1 is 1.62 bits per heavy atom. The predicted octanol–water partition coefficient (Wildman–Crippen LogP) is 0.176. The molecule has 0 saturated heterocycles. The van der Waals surface area contributed by atoms with Crippen molar-refractivity contribution in [1.29, 1.82) is 0 Å². The van der Waals surface area contributed by atoms with Gasteiger partial charge in [-0.1, -0.05) is 0 Å². The fourth-order valence-corrected chi connectivity index (χ4v) is 2.04. The van der Waals surface area contributed by atoms with E-state index in [-0.39, 0.29) is 0 Å². The van der Waals surface area contributed by atoms with E-state index in [1.165, 1.54) is 18.9 Å². The lowest BCUT2D eigenvalue weighted by Gasteiger charge is -2.04. The Morgan fingerprint density at radius 2 is 2.31 bits per heavy atom. The van der Waals surface area contributed by atoms with Crippen LogP contribution in [0.3, 0.4) is 0 Å². The highest BCUT2D eigenvalue weighted by Crippen LogP contribution is 2.30. The second-order valence-electron chi connectivity index (χ2n) is 2.39. The van der Waals surface area contributed by atoms with E-state index < -0.39 is 12.0 Å². The van der Waals surface area contributed by atoms with Crippen molar-refractivity contribution in [3.63, 3.8) is 0 Å². The number of allylic oxidation sites excluding steroid dienone is 1. The smallest absolute Gasteiger partial charge is 0.346 e. The Hall–Kier alpha value is -1.17. The van der Waals surface area contributed by atoms with Crippen molar-refractivity contribution in [3.8, 4) is 0 Å². The van der Waals surface area contributed by atoms with Crippen LogP contribution in [0.25, 0.3) is 0 Å². The highest BCUT2D eigenvalue weighted by Gasteiger charge is 2.22. The summed E-state index contributed by atoms with van der Waals surface area (Å²) in [5.41, 5.74) is 5.49. The molecule has 0 radical (unpaired) electrons. The van der Waals surface area contributed by atoms with Crippen LogP contribution >= 0.6 is 11.8 Å². The third-order valence-electron chi connectivity index (χ3n) is 1.52. The number of ether oxygens (including phenoxy) is 1. The van der Waals surface area contributed by atoms with E-state index in [0.717, 1.165) is 5.75 Å². The van der Waals surface area contributed by atoms with Crippen LogP contribution in [-0.2, 0) is 9.53 Å². The number of rotatable bonds is 2. The molecule has 2 amide bonds. The molecular formula is C7H10N2O3S. The molecule has 0 aromatic heterocycles. The van der Waals surface area contributed by atoms with Crippen LogP contribution in [0.2, 0.25) is 0 Å². The van der Waals surface area contributed by atoms with Crippen LogP contribution < -0.4 is 11.1 Å². The fraction of sp³-hybridized carbons (Fsp3) is 0.429. The van der Waals surface area contributed by atoms with Gasteiger partial charge in [0.1, 0.15) is 4.91 Å². The van der Waals surface area contributed by atoms with Gasteiger partial charge in [-0.25, -0.2) is 9.59 Å². The number of nitrogens with two attached hydrogens (primary N) is 1. The van der Waals surface area contributed by atoms with Crippen LogP contribution in [0.1, 0.15) is 6.42 Å². The molecule has 3 N–H and O–H groups in total. The van der Waals surface area contributed by atoms with Gasteiger partial charge in [0, 0.05) is 11.4 Å². The molecule has 5 nitrogen and oxygen atoms in total. The fourth-order valence-electron chi connectivity index (χ4n) is 0.999. The van der Waals surface area contributed by atoms with Crippen molar-refractivity contribution in [3.05, 3.63) is 10.6 Å². The molecule has 72 valence electrons. The lowest BCUT2D eigenvalue weighted by molar-refractivity contribution is -0.135. The second kappa shape index (κ2) is 4.18. The van der Waals surface area contributed by atoms with E-state index in [1.54, 1.807) is 0 Å². The predicted molar refractivity (Wildman–Crippen MR) is 48.8 cm³/mol. The molecule has 0 saturated carbocycles. The minimum atomic E-state index is -0.654. The van der Waals surface area contributed by atoms with E-state index in [1.807, 2.05) is 0 Å². The Kier molecular flexibility index (Phi) is 3.18. The number of amides is 2. The molecule has 0 fully saturated rings. The summed E-state index contributed by atoms with van der Waals surface area (Å²) in [6.07, 6.45) is 0.637. The number of esters is 1. The normalized spacial score (nSPS) is 15.8. The minimum absolute atomic E-state index is 0.425. The van der Waals surface area contributed by atoms with Gasteiger partial charge < -0.3 is 15.8 Å². The monoisotopic (exact) mass is 202 g/mol. The molecule has 0 aliphatic carbocycles. The second-order valence-corrected chi connectivity index (χ2v) is 3.49. The van der Waals surface area contributed by atoms with Gasteiger partial charge >= 0.3 is 12.0 Å². The summed E-state index contributed by atoms with van der Waals surface area (Å²) in [5, 5.41) is 2.40. The van der Waals surface area contributed by atoms with Crippen molar-refractivity contribution < 1.29 is 14.3 Å².